The fourth-order valence-corrected chi connectivity index (χ4v) is 3.81. The van der Waals surface area contributed by atoms with E-state index in [1.165, 1.54) is 7.11 Å². The molecule has 1 aromatic rings. The number of nitrogens with zero attached hydrogens (tertiary/aromatic N) is 2. The van der Waals surface area contributed by atoms with Crippen molar-refractivity contribution in [2.75, 3.05) is 13.9 Å². The first-order chi connectivity index (χ1) is 13.9. The molecule has 1 aliphatic rings. The van der Waals surface area contributed by atoms with Crippen LogP contribution in [0.15, 0.2) is 35.9 Å². The second kappa shape index (κ2) is 8.64. The Morgan fingerprint density at radius 2 is 1.57 bits per heavy atom. The maximum Gasteiger partial charge on any atom is 0.253 e. The van der Waals surface area contributed by atoms with Crippen LogP contribution < -0.4 is 0 Å². The van der Waals surface area contributed by atoms with Gasteiger partial charge in [-0.05, 0) is 33.9 Å². The van der Waals surface area contributed by atoms with Crippen LogP contribution in [0.3, 0.4) is 0 Å². The van der Waals surface area contributed by atoms with E-state index < -0.39 is 11.5 Å². The highest BCUT2D eigenvalue weighted by molar-refractivity contribution is 5.54. The third-order valence-corrected chi connectivity index (χ3v) is 5.40. The molecule has 30 heavy (non-hydrogen) atoms. The van der Waals surface area contributed by atoms with Crippen molar-refractivity contribution < 1.29 is 14.6 Å². The predicted octanol–water partition coefficient (Wildman–Crippen LogP) is 5.36. The summed E-state index contributed by atoms with van der Waals surface area (Å²) < 4.78 is 10.7. The molecule has 0 saturated carbocycles. The Morgan fingerprint density at radius 1 is 1.03 bits per heavy atom. The van der Waals surface area contributed by atoms with Crippen LogP contribution in [-0.2, 0) is 20.3 Å². The van der Waals surface area contributed by atoms with Crippen molar-refractivity contribution in [2.45, 2.75) is 70.3 Å². The van der Waals surface area contributed by atoms with Gasteiger partial charge in [-0.3, -0.25) is 0 Å². The lowest BCUT2D eigenvalue weighted by molar-refractivity contribution is -0.0868. The highest BCUT2D eigenvalue weighted by Crippen LogP contribution is 2.46. The molecule has 0 amide bonds. The Morgan fingerprint density at radius 3 is 1.93 bits per heavy atom. The minimum Gasteiger partial charge on any atom is -0.507 e. The fraction of sp³-hybridized carbons (Fsp3) is 0.520. The predicted molar refractivity (Wildman–Crippen MR) is 117 cm³/mol. The van der Waals surface area contributed by atoms with Crippen LogP contribution in [0.25, 0.3) is 0 Å². The van der Waals surface area contributed by atoms with E-state index in [0.29, 0.717) is 6.42 Å². The summed E-state index contributed by atoms with van der Waals surface area (Å²) in [6.07, 6.45) is 6.48. The summed E-state index contributed by atoms with van der Waals surface area (Å²) in [5.74, 6) is -0.367. The molecular formula is C25H32N2O3. The molecule has 2 rings (SSSR count). The number of hydrogen-bond acceptors (Lipinski definition) is 5. The number of phenols is 1. The fourth-order valence-electron chi connectivity index (χ4n) is 3.81. The Kier molecular flexibility index (Phi) is 6.82. The van der Waals surface area contributed by atoms with Gasteiger partial charge in [0.1, 0.15) is 24.7 Å². The summed E-state index contributed by atoms with van der Waals surface area (Å²) in [6, 6.07) is 8.05. The molecule has 0 saturated heterocycles. The minimum atomic E-state index is -1.75. The lowest BCUT2D eigenvalue weighted by atomic mass is 9.72. The average Bonchev–Trinajstić information content (AvgIpc) is 3.18. The average molecular weight is 409 g/mol. The molecule has 5 nitrogen and oxygen atoms in total. The first kappa shape index (κ1) is 23.7. The zero-order chi connectivity index (χ0) is 22.7. The quantitative estimate of drug-likeness (QED) is 0.640. The van der Waals surface area contributed by atoms with Crippen molar-refractivity contribution in [3.8, 4) is 17.9 Å². The molecule has 0 aromatic heterocycles. The van der Waals surface area contributed by atoms with Crippen molar-refractivity contribution >= 4 is 0 Å². The highest BCUT2D eigenvalue weighted by Gasteiger charge is 2.45. The van der Waals surface area contributed by atoms with E-state index in [1.807, 2.05) is 71.9 Å². The van der Waals surface area contributed by atoms with Gasteiger partial charge in [0, 0.05) is 7.11 Å². The molecule has 0 radical (unpaired) electrons. The van der Waals surface area contributed by atoms with Gasteiger partial charge in [0.15, 0.2) is 0 Å². The van der Waals surface area contributed by atoms with Crippen LogP contribution in [-0.4, -0.2) is 24.6 Å². The first-order valence-electron chi connectivity index (χ1n) is 10.1. The topological polar surface area (TPSA) is 86.3 Å². The standard InChI is InChI=1S/C25H32N2O3/c1-23(2,3)19-12-18(13-20(22(19)28)24(4,5)6)21(17-10-8-9-11-17)25(14-26,15-27)30-16-29-7/h8-10,12-13,21,28H,11,16H2,1-7H3/t21-/m0/s1. The zero-order valence-corrected chi connectivity index (χ0v) is 19.0. The van der Waals surface area contributed by atoms with E-state index in [-0.39, 0.29) is 23.4 Å². The molecule has 0 unspecified atom stereocenters. The molecule has 0 spiro atoms. The SMILES string of the molecule is COCOC(C#N)(C#N)[C@@H](C1=CC=CC1)c1cc(C(C)(C)C)c(O)c(C(C)(C)C)c1. The number of hydrogen-bond donors (Lipinski definition) is 1. The number of rotatable bonds is 6. The molecule has 1 N–H and O–H groups in total. The third-order valence-electron chi connectivity index (χ3n) is 5.40. The van der Waals surface area contributed by atoms with Crippen molar-refractivity contribution in [3.63, 3.8) is 0 Å². The van der Waals surface area contributed by atoms with Gasteiger partial charge in [-0.1, -0.05) is 77.5 Å². The molecule has 1 atom stereocenters. The van der Waals surface area contributed by atoms with Gasteiger partial charge in [0.25, 0.3) is 5.60 Å². The van der Waals surface area contributed by atoms with Crippen molar-refractivity contribution in [2.24, 2.45) is 0 Å². The number of nitriles is 2. The Hall–Kier alpha value is -2.60. The van der Waals surface area contributed by atoms with E-state index in [4.69, 9.17) is 9.47 Å². The molecule has 0 bridgehead atoms. The summed E-state index contributed by atoms with van der Waals surface area (Å²) >= 11 is 0. The molecular weight excluding hydrogens is 376 g/mol. The Bertz CT molecular complexity index is 882. The number of methoxy groups -OCH3 is 1. The van der Waals surface area contributed by atoms with Crippen molar-refractivity contribution in [3.05, 3.63) is 52.6 Å². The summed E-state index contributed by atoms with van der Waals surface area (Å²) in [4.78, 5) is 0. The van der Waals surface area contributed by atoms with Crippen LogP contribution in [0.1, 0.15) is 70.6 Å². The molecule has 1 aliphatic carbocycles. The van der Waals surface area contributed by atoms with Gasteiger partial charge in [-0.2, -0.15) is 10.5 Å². The maximum absolute atomic E-state index is 11.1. The largest absolute Gasteiger partial charge is 0.507 e. The number of aromatic hydroxyl groups is 1. The molecule has 0 fully saturated rings. The lowest BCUT2D eigenvalue weighted by Crippen LogP contribution is -2.38. The number of benzene rings is 1. The second-order valence-corrected chi connectivity index (χ2v) is 9.78. The van der Waals surface area contributed by atoms with Gasteiger partial charge >= 0.3 is 0 Å². The Labute approximate surface area is 180 Å². The van der Waals surface area contributed by atoms with E-state index in [0.717, 1.165) is 22.3 Å². The summed E-state index contributed by atoms with van der Waals surface area (Å²) in [6.45, 7) is 12.0. The highest BCUT2D eigenvalue weighted by atomic mass is 16.7. The number of ether oxygens (including phenoxy) is 2. The van der Waals surface area contributed by atoms with Crippen LogP contribution in [0, 0.1) is 22.7 Å². The molecule has 5 heteroatoms. The Balaban J connectivity index is 2.85. The van der Waals surface area contributed by atoms with Gasteiger partial charge in [-0.25, -0.2) is 0 Å². The number of allylic oxidation sites excluding steroid dienone is 3. The van der Waals surface area contributed by atoms with Gasteiger partial charge in [0.2, 0.25) is 0 Å². The van der Waals surface area contributed by atoms with E-state index in [9.17, 15) is 15.6 Å². The smallest absolute Gasteiger partial charge is 0.253 e. The van der Waals surface area contributed by atoms with E-state index >= 15 is 0 Å². The van der Waals surface area contributed by atoms with Gasteiger partial charge in [-0.15, -0.1) is 0 Å². The molecule has 0 heterocycles. The van der Waals surface area contributed by atoms with E-state index in [2.05, 4.69) is 12.1 Å². The van der Waals surface area contributed by atoms with Crippen LogP contribution in [0.2, 0.25) is 0 Å². The third kappa shape index (κ3) is 4.59. The van der Waals surface area contributed by atoms with Crippen molar-refractivity contribution in [1.29, 1.82) is 10.5 Å². The maximum atomic E-state index is 11.1. The summed E-state index contributed by atoms with van der Waals surface area (Å²) in [7, 11) is 1.46. The second-order valence-electron chi connectivity index (χ2n) is 9.78. The summed E-state index contributed by atoms with van der Waals surface area (Å²) in [5.41, 5.74) is 0.826. The normalized spacial score (nSPS) is 15.4. The van der Waals surface area contributed by atoms with E-state index in [1.54, 1.807) is 0 Å². The van der Waals surface area contributed by atoms with Crippen molar-refractivity contribution in [1.82, 2.24) is 0 Å². The zero-order valence-electron chi connectivity index (χ0n) is 19.0. The van der Waals surface area contributed by atoms with Crippen LogP contribution in [0.4, 0.5) is 0 Å². The number of phenolic OH excluding ortho intramolecular Hbond substituents is 1. The molecule has 1 aromatic carbocycles. The monoisotopic (exact) mass is 408 g/mol. The van der Waals surface area contributed by atoms with Gasteiger partial charge in [0.05, 0.1) is 5.92 Å². The summed E-state index contributed by atoms with van der Waals surface area (Å²) in [5, 5.41) is 31.2. The van der Waals surface area contributed by atoms with Crippen LogP contribution in [0.5, 0.6) is 5.75 Å². The molecule has 0 aliphatic heterocycles. The lowest BCUT2D eigenvalue weighted by Gasteiger charge is -2.34. The minimum absolute atomic E-state index is 0.172. The van der Waals surface area contributed by atoms with Gasteiger partial charge < -0.3 is 14.6 Å². The molecule has 160 valence electrons. The van der Waals surface area contributed by atoms with Crippen LogP contribution >= 0.6 is 0 Å². The first-order valence-corrected chi connectivity index (χ1v) is 10.1.